The van der Waals surface area contributed by atoms with Crippen LogP contribution in [-0.2, 0) is 4.79 Å². The fourth-order valence-electron chi connectivity index (χ4n) is 2.10. The number of amides is 1. The molecule has 0 spiro atoms. The topological polar surface area (TPSA) is 50.4 Å². The van der Waals surface area contributed by atoms with Gasteiger partial charge in [-0.3, -0.25) is 4.79 Å². The van der Waals surface area contributed by atoms with Crippen LogP contribution < -0.4 is 15.4 Å². The molecule has 1 fully saturated rings. The molecule has 1 amide bonds. The zero-order valence-electron chi connectivity index (χ0n) is 11.9. The Bertz CT molecular complexity index is 463. The third-order valence-electron chi connectivity index (χ3n) is 3.63. The van der Waals surface area contributed by atoms with Gasteiger partial charge in [-0.2, -0.15) is 0 Å². The molecule has 1 aromatic rings. The van der Waals surface area contributed by atoms with E-state index in [9.17, 15) is 4.79 Å². The van der Waals surface area contributed by atoms with Crippen LogP contribution in [0.1, 0.15) is 13.8 Å². The van der Waals surface area contributed by atoms with E-state index in [-0.39, 0.29) is 17.9 Å². The number of hydrogen-bond donors (Lipinski definition) is 2. The van der Waals surface area contributed by atoms with Gasteiger partial charge in [-0.1, -0.05) is 24.6 Å². The zero-order valence-corrected chi connectivity index (χ0v) is 12.6. The molecule has 2 rings (SSSR count). The van der Waals surface area contributed by atoms with Crippen LogP contribution in [0.15, 0.2) is 24.3 Å². The Balaban J connectivity index is 1.74. The summed E-state index contributed by atoms with van der Waals surface area (Å²) in [5, 5.41) is 6.77. The maximum Gasteiger partial charge on any atom is 0.223 e. The second-order valence-electron chi connectivity index (χ2n) is 5.34. The van der Waals surface area contributed by atoms with Crippen molar-refractivity contribution in [1.29, 1.82) is 0 Å². The summed E-state index contributed by atoms with van der Waals surface area (Å²) in [5.74, 6) is 1.32. The Labute approximate surface area is 124 Å². The minimum absolute atomic E-state index is 0.0506. The highest BCUT2D eigenvalue weighted by molar-refractivity contribution is 6.30. The molecular weight excluding hydrogens is 276 g/mol. The molecule has 2 N–H and O–H groups in total. The first kappa shape index (κ1) is 15.1. The zero-order chi connectivity index (χ0) is 14.5. The van der Waals surface area contributed by atoms with E-state index in [4.69, 9.17) is 16.3 Å². The maximum absolute atomic E-state index is 12.0. The highest BCUT2D eigenvalue weighted by Gasteiger charge is 2.28. The molecule has 110 valence electrons. The number of ether oxygens (including phenoxy) is 1. The highest BCUT2D eigenvalue weighted by Crippen LogP contribution is 2.18. The van der Waals surface area contributed by atoms with Crippen LogP contribution >= 0.6 is 11.6 Å². The molecule has 0 radical (unpaired) electrons. The van der Waals surface area contributed by atoms with E-state index in [0.717, 1.165) is 18.8 Å². The average Bonchev–Trinajstić information content (AvgIpc) is 2.33. The molecule has 4 nitrogen and oxygen atoms in total. The lowest BCUT2D eigenvalue weighted by Gasteiger charge is -2.32. The molecule has 2 unspecified atom stereocenters. The van der Waals surface area contributed by atoms with Crippen molar-refractivity contribution in [3.05, 3.63) is 29.3 Å². The highest BCUT2D eigenvalue weighted by atomic mass is 35.5. The number of carbonyl (C=O) groups is 1. The van der Waals surface area contributed by atoms with Gasteiger partial charge in [-0.25, -0.2) is 0 Å². The molecule has 5 heteroatoms. The van der Waals surface area contributed by atoms with Gasteiger partial charge in [-0.05, 0) is 44.1 Å². The monoisotopic (exact) mass is 296 g/mol. The van der Waals surface area contributed by atoms with Gasteiger partial charge in [0.25, 0.3) is 0 Å². The van der Waals surface area contributed by atoms with E-state index in [1.54, 1.807) is 12.1 Å². The summed E-state index contributed by atoms with van der Waals surface area (Å²) in [7, 11) is 0. The quantitative estimate of drug-likeness (QED) is 0.845. The van der Waals surface area contributed by atoms with E-state index in [2.05, 4.69) is 10.6 Å². The lowest BCUT2D eigenvalue weighted by atomic mass is 9.88. The van der Waals surface area contributed by atoms with Gasteiger partial charge in [0, 0.05) is 10.9 Å². The molecular formula is C15H21ClN2O2. The summed E-state index contributed by atoms with van der Waals surface area (Å²) in [6, 6.07) is 7.26. The van der Waals surface area contributed by atoms with Gasteiger partial charge < -0.3 is 15.4 Å². The lowest BCUT2D eigenvalue weighted by Crippen LogP contribution is -2.50. The molecule has 1 saturated heterocycles. The van der Waals surface area contributed by atoms with Crippen molar-refractivity contribution in [2.45, 2.75) is 20.0 Å². The van der Waals surface area contributed by atoms with Crippen LogP contribution in [0.5, 0.6) is 5.75 Å². The van der Waals surface area contributed by atoms with E-state index < -0.39 is 0 Å². The number of hydrogen-bond acceptors (Lipinski definition) is 3. The smallest absolute Gasteiger partial charge is 0.223 e. The SMILES string of the molecule is CC(CNC(=O)C(C)C1CNC1)Oc1cccc(Cl)c1. The number of rotatable bonds is 6. The van der Waals surface area contributed by atoms with Crippen molar-refractivity contribution < 1.29 is 9.53 Å². The Morgan fingerprint density at radius 2 is 2.25 bits per heavy atom. The summed E-state index contributed by atoms with van der Waals surface area (Å²) in [5.41, 5.74) is 0. The number of halogens is 1. The number of carbonyl (C=O) groups excluding carboxylic acids is 1. The Morgan fingerprint density at radius 1 is 1.50 bits per heavy atom. The Hall–Kier alpha value is -1.26. The van der Waals surface area contributed by atoms with E-state index in [1.807, 2.05) is 26.0 Å². The van der Waals surface area contributed by atoms with E-state index >= 15 is 0 Å². The van der Waals surface area contributed by atoms with Gasteiger partial charge in [0.1, 0.15) is 11.9 Å². The van der Waals surface area contributed by atoms with Crippen LogP contribution in [-0.4, -0.2) is 31.6 Å². The first-order chi connectivity index (χ1) is 9.56. The van der Waals surface area contributed by atoms with Gasteiger partial charge in [-0.15, -0.1) is 0 Å². The van der Waals surface area contributed by atoms with Crippen molar-refractivity contribution in [1.82, 2.24) is 10.6 Å². The fraction of sp³-hybridized carbons (Fsp3) is 0.533. The number of benzene rings is 1. The van der Waals surface area contributed by atoms with Crippen molar-refractivity contribution in [3.8, 4) is 5.75 Å². The Kier molecular flexibility index (Phi) is 5.26. The first-order valence-corrected chi connectivity index (χ1v) is 7.34. The third kappa shape index (κ3) is 4.12. The molecule has 0 bridgehead atoms. The predicted molar refractivity (Wildman–Crippen MR) is 80.1 cm³/mol. The summed E-state index contributed by atoms with van der Waals surface area (Å²) >= 11 is 5.90. The first-order valence-electron chi connectivity index (χ1n) is 6.97. The molecule has 1 aliphatic rings. The van der Waals surface area contributed by atoms with Crippen LogP contribution in [0.2, 0.25) is 5.02 Å². The third-order valence-corrected chi connectivity index (χ3v) is 3.87. The van der Waals surface area contributed by atoms with Crippen molar-refractivity contribution in [2.24, 2.45) is 11.8 Å². The van der Waals surface area contributed by atoms with Gasteiger partial charge in [0.2, 0.25) is 5.91 Å². The van der Waals surface area contributed by atoms with Crippen molar-refractivity contribution in [3.63, 3.8) is 0 Å². The fourth-order valence-corrected chi connectivity index (χ4v) is 2.28. The maximum atomic E-state index is 12.0. The van der Waals surface area contributed by atoms with Crippen LogP contribution in [0.4, 0.5) is 0 Å². The van der Waals surface area contributed by atoms with Crippen LogP contribution in [0, 0.1) is 11.8 Å². The normalized spacial score (nSPS) is 17.9. The van der Waals surface area contributed by atoms with Crippen LogP contribution in [0.25, 0.3) is 0 Å². The van der Waals surface area contributed by atoms with Crippen molar-refractivity contribution in [2.75, 3.05) is 19.6 Å². The summed E-state index contributed by atoms with van der Waals surface area (Å²) in [6.45, 7) is 6.27. The van der Waals surface area contributed by atoms with E-state index in [1.165, 1.54) is 0 Å². The van der Waals surface area contributed by atoms with Gasteiger partial charge in [0.15, 0.2) is 0 Å². The van der Waals surface area contributed by atoms with E-state index in [0.29, 0.717) is 17.5 Å². The Morgan fingerprint density at radius 3 is 2.85 bits per heavy atom. The summed E-state index contributed by atoms with van der Waals surface area (Å²) < 4.78 is 5.71. The second-order valence-corrected chi connectivity index (χ2v) is 5.77. The molecule has 2 atom stereocenters. The molecule has 20 heavy (non-hydrogen) atoms. The lowest BCUT2D eigenvalue weighted by molar-refractivity contribution is -0.127. The van der Waals surface area contributed by atoms with Crippen LogP contribution in [0.3, 0.4) is 0 Å². The minimum atomic E-state index is -0.0934. The molecule has 0 aromatic heterocycles. The number of nitrogens with one attached hydrogen (secondary N) is 2. The molecule has 1 heterocycles. The second kappa shape index (κ2) is 6.95. The molecule has 1 aromatic carbocycles. The standard InChI is InChI=1S/C15H21ClN2O2/c1-10(20-14-5-3-4-13(16)6-14)7-18-15(19)11(2)12-8-17-9-12/h3-6,10-12,17H,7-9H2,1-2H3,(H,18,19). The minimum Gasteiger partial charge on any atom is -0.489 e. The molecule has 0 saturated carbocycles. The largest absolute Gasteiger partial charge is 0.489 e. The summed E-state index contributed by atoms with van der Waals surface area (Å²) in [4.78, 5) is 12.0. The molecule has 0 aliphatic carbocycles. The van der Waals surface area contributed by atoms with Gasteiger partial charge in [0.05, 0.1) is 6.54 Å². The van der Waals surface area contributed by atoms with Gasteiger partial charge >= 0.3 is 0 Å². The summed E-state index contributed by atoms with van der Waals surface area (Å²) in [6.07, 6.45) is -0.0934. The molecule has 1 aliphatic heterocycles. The average molecular weight is 297 g/mol. The predicted octanol–water partition coefficient (Wildman–Crippen LogP) is 2.08. The van der Waals surface area contributed by atoms with Crippen molar-refractivity contribution >= 4 is 17.5 Å².